The number of nitrogens with zero attached hydrogens (tertiary/aromatic N) is 6. The number of carbonyl (C=O) groups is 4. The molecular formula is C58H76N8O4. The quantitative estimate of drug-likeness (QED) is 0.0405. The molecule has 4 amide bonds. The summed E-state index contributed by atoms with van der Waals surface area (Å²) in [6.45, 7) is 8.75. The second-order valence-electron chi connectivity index (χ2n) is 20.4. The van der Waals surface area contributed by atoms with E-state index in [2.05, 4.69) is 37.7 Å². The number of rotatable bonds is 26. The zero-order chi connectivity index (χ0) is 49.6. The lowest BCUT2D eigenvalue weighted by atomic mass is 9.82. The molecule has 70 heavy (non-hydrogen) atoms. The Morgan fingerprint density at radius 2 is 0.757 bits per heavy atom. The minimum Gasteiger partial charge on any atom is -0.377 e. The lowest BCUT2D eigenvalue weighted by Gasteiger charge is -2.38. The molecule has 12 nitrogen and oxygen atoms in total. The number of aromatic nitrogens is 4. The van der Waals surface area contributed by atoms with E-state index in [4.69, 9.17) is 9.97 Å². The van der Waals surface area contributed by atoms with Gasteiger partial charge in [-0.1, -0.05) is 155 Å². The topological polar surface area (TPSA) is 139 Å². The van der Waals surface area contributed by atoms with Gasteiger partial charge in [0.2, 0.25) is 0 Å². The second kappa shape index (κ2) is 22.4. The Bertz CT molecular complexity index is 2550. The lowest BCUT2D eigenvalue weighted by Crippen LogP contribution is -2.49. The van der Waals surface area contributed by atoms with Crippen LogP contribution in [0.25, 0.3) is 55.6 Å². The van der Waals surface area contributed by atoms with E-state index in [-0.39, 0.29) is 34.3 Å². The minimum atomic E-state index is -0.431. The average molecular weight is 949 g/mol. The Hall–Kier alpha value is -6.04. The van der Waals surface area contributed by atoms with Crippen molar-refractivity contribution in [3.63, 3.8) is 0 Å². The molecule has 372 valence electrons. The fraction of sp³-hybridized carbons (Fsp3) is 0.517. The van der Waals surface area contributed by atoms with Gasteiger partial charge >= 0.3 is 0 Å². The molecule has 12 heteroatoms. The molecule has 2 aliphatic rings. The maximum Gasteiger partial charge on any atom is 0.263 e. The van der Waals surface area contributed by atoms with Crippen LogP contribution < -0.4 is 9.80 Å². The number of hydrogen-bond donors (Lipinski definition) is 2. The van der Waals surface area contributed by atoms with E-state index in [9.17, 15) is 0 Å². The fourth-order valence-electron chi connectivity index (χ4n) is 11.3. The van der Waals surface area contributed by atoms with E-state index in [1.54, 1.807) is 0 Å². The molecule has 4 heterocycles. The van der Waals surface area contributed by atoms with Gasteiger partial charge in [-0.2, -0.15) is 0 Å². The van der Waals surface area contributed by atoms with Gasteiger partial charge in [0.1, 0.15) is 22.7 Å². The van der Waals surface area contributed by atoms with E-state index >= 15 is 19.2 Å². The van der Waals surface area contributed by atoms with Crippen LogP contribution in [-0.4, -0.2) is 93.6 Å². The van der Waals surface area contributed by atoms with Gasteiger partial charge in [0, 0.05) is 73.5 Å². The number of para-hydroxylation sites is 2. The third-order valence-electron chi connectivity index (χ3n) is 14.9. The molecule has 8 rings (SSSR count). The number of H-pyrrole nitrogens is 2. The second-order valence-corrected chi connectivity index (χ2v) is 20.4. The van der Waals surface area contributed by atoms with Crippen molar-refractivity contribution >= 4 is 67.8 Å². The summed E-state index contributed by atoms with van der Waals surface area (Å²) in [4.78, 5) is 88.5. The highest BCUT2D eigenvalue weighted by molar-refractivity contribution is 6.42. The zero-order valence-electron chi connectivity index (χ0n) is 43.2. The molecular weight excluding hydrogens is 873 g/mol. The summed E-state index contributed by atoms with van der Waals surface area (Å²) in [5, 5.41) is 0.622. The molecule has 0 aliphatic carbocycles. The Balaban J connectivity index is 1.47. The fourth-order valence-corrected chi connectivity index (χ4v) is 11.3. The molecule has 0 spiro atoms. The number of aromatic amines is 2. The van der Waals surface area contributed by atoms with Crippen LogP contribution in [-0.2, 0) is 0 Å². The molecule has 6 aromatic rings. The SMILES string of the molecule is CCCCCCC(CCCCCC)N1C(=O)c2c3nc(-c4ccccc4N(C)C)[nH]c3c3c4c(c5nc(-c6ccccc6N(C)C)[nH]c5c(c24)C1=O)C(=O)N(C(CCCCCC)CCCCCC)C3=O. The number of hydrogen-bond acceptors (Lipinski definition) is 8. The third kappa shape index (κ3) is 9.47. The number of imidazole rings is 2. The molecule has 0 saturated carbocycles. The Labute approximate surface area is 415 Å². The van der Waals surface area contributed by atoms with Crippen LogP contribution in [0.4, 0.5) is 11.4 Å². The van der Waals surface area contributed by atoms with E-state index in [0.29, 0.717) is 70.2 Å². The van der Waals surface area contributed by atoms with Crippen molar-refractivity contribution < 1.29 is 19.2 Å². The first-order valence-electron chi connectivity index (χ1n) is 26.7. The molecule has 0 unspecified atom stereocenters. The highest BCUT2D eigenvalue weighted by atomic mass is 16.2. The molecule has 0 bridgehead atoms. The standard InChI is InChI=1S/C58H76N8O4/c1-9-13-17-21-29-37(30-22-18-14-10-2)65-55(67)45-43-44-47(51-49(45)59-53(61-51)39-33-25-27-35-41(39)63(5)6)57(69)66(38(31-23-19-15-11-3)32-24-20-16-12-4)58(70)48(44)52-50(46(43)56(65)68)60-54(62-52)40-34-26-28-36-42(40)64(7)8/h25-28,33-38H,9-24,29-32H2,1-8H3,(H,59,61)(H,60,62). The average Bonchev–Trinajstić information content (AvgIpc) is 4.00. The zero-order valence-corrected chi connectivity index (χ0v) is 43.2. The van der Waals surface area contributed by atoms with Crippen molar-refractivity contribution in [3.05, 3.63) is 70.8 Å². The van der Waals surface area contributed by atoms with Crippen LogP contribution in [0, 0.1) is 0 Å². The minimum absolute atomic E-state index is 0.248. The van der Waals surface area contributed by atoms with Crippen LogP contribution >= 0.6 is 0 Å². The van der Waals surface area contributed by atoms with Crippen molar-refractivity contribution in [2.24, 2.45) is 0 Å². The smallest absolute Gasteiger partial charge is 0.263 e. The van der Waals surface area contributed by atoms with Crippen molar-refractivity contribution in [2.45, 2.75) is 168 Å². The van der Waals surface area contributed by atoms with Crippen molar-refractivity contribution in [1.82, 2.24) is 29.7 Å². The Morgan fingerprint density at radius 1 is 0.443 bits per heavy atom. The molecule has 2 N–H and O–H groups in total. The van der Waals surface area contributed by atoms with Crippen LogP contribution in [0.2, 0.25) is 0 Å². The summed E-state index contributed by atoms with van der Waals surface area (Å²) >= 11 is 0. The first kappa shape index (κ1) is 50.4. The number of anilines is 2. The molecule has 0 fully saturated rings. The largest absolute Gasteiger partial charge is 0.377 e. The van der Waals surface area contributed by atoms with Gasteiger partial charge < -0.3 is 19.8 Å². The summed E-state index contributed by atoms with van der Waals surface area (Å²) in [7, 11) is 7.91. The van der Waals surface area contributed by atoms with Crippen molar-refractivity contribution in [3.8, 4) is 22.8 Å². The first-order chi connectivity index (χ1) is 34.0. The molecule has 0 atom stereocenters. The number of imide groups is 2. The molecule has 0 radical (unpaired) electrons. The molecule has 4 aromatic carbocycles. The lowest BCUT2D eigenvalue weighted by molar-refractivity contribution is 0.0498. The summed E-state index contributed by atoms with van der Waals surface area (Å²) in [5.41, 5.74) is 5.90. The monoisotopic (exact) mass is 949 g/mol. The number of nitrogens with one attached hydrogen (secondary N) is 2. The van der Waals surface area contributed by atoms with Gasteiger partial charge in [-0.3, -0.25) is 29.0 Å². The van der Waals surface area contributed by atoms with E-state index in [1.807, 2.05) is 86.5 Å². The molecule has 2 aromatic heterocycles. The highest BCUT2D eigenvalue weighted by Gasteiger charge is 2.48. The van der Waals surface area contributed by atoms with Gasteiger partial charge in [0.25, 0.3) is 23.6 Å². The number of fused-ring (bicyclic) bond motifs is 6. The van der Waals surface area contributed by atoms with E-state index in [1.165, 1.54) is 9.80 Å². The van der Waals surface area contributed by atoms with Gasteiger partial charge in [-0.25, -0.2) is 9.97 Å². The first-order valence-corrected chi connectivity index (χ1v) is 26.7. The van der Waals surface area contributed by atoms with E-state index < -0.39 is 23.6 Å². The van der Waals surface area contributed by atoms with Crippen LogP contribution in [0.5, 0.6) is 0 Å². The maximum absolute atomic E-state index is 15.9. The van der Waals surface area contributed by atoms with Gasteiger partial charge in [0.15, 0.2) is 0 Å². The number of carbonyl (C=O) groups excluding carboxylic acids is 4. The van der Waals surface area contributed by atoms with Gasteiger partial charge in [0.05, 0.1) is 33.3 Å². The molecule has 0 saturated heterocycles. The van der Waals surface area contributed by atoms with E-state index in [0.717, 1.165) is 125 Å². The number of benzene rings is 4. The summed E-state index contributed by atoms with van der Waals surface area (Å²) < 4.78 is 0. The van der Waals surface area contributed by atoms with Crippen LogP contribution in [0.15, 0.2) is 48.5 Å². The van der Waals surface area contributed by atoms with Gasteiger partial charge in [-0.15, -0.1) is 0 Å². The Morgan fingerprint density at radius 3 is 1.07 bits per heavy atom. The van der Waals surface area contributed by atoms with Crippen molar-refractivity contribution in [2.75, 3.05) is 38.0 Å². The van der Waals surface area contributed by atoms with Gasteiger partial charge in [-0.05, 0) is 49.9 Å². The summed E-state index contributed by atoms with van der Waals surface area (Å²) in [5.74, 6) is -0.719. The highest BCUT2D eigenvalue weighted by Crippen LogP contribution is 2.49. The normalized spacial score (nSPS) is 13.7. The summed E-state index contributed by atoms with van der Waals surface area (Å²) in [6, 6.07) is 15.2. The number of amides is 4. The predicted molar refractivity (Wildman–Crippen MR) is 286 cm³/mol. The van der Waals surface area contributed by atoms with Crippen LogP contribution in [0.1, 0.15) is 198 Å². The Kier molecular flexibility index (Phi) is 16.1. The van der Waals surface area contributed by atoms with Crippen molar-refractivity contribution in [1.29, 1.82) is 0 Å². The third-order valence-corrected chi connectivity index (χ3v) is 14.9. The molecule has 2 aliphatic heterocycles. The maximum atomic E-state index is 15.9. The van der Waals surface area contributed by atoms with Crippen LogP contribution in [0.3, 0.4) is 0 Å². The summed E-state index contributed by atoms with van der Waals surface area (Å²) in [6.07, 6.45) is 18.9. The predicted octanol–water partition coefficient (Wildman–Crippen LogP) is 13.9. The number of unbranched alkanes of at least 4 members (excludes halogenated alkanes) is 12.